The van der Waals surface area contributed by atoms with Gasteiger partial charge < -0.3 is 15.7 Å². The lowest BCUT2D eigenvalue weighted by atomic mass is 10.1. The summed E-state index contributed by atoms with van der Waals surface area (Å²) < 4.78 is 0. The number of carbonyl (C=O) groups excluding carboxylic acids is 3. The third-order valence-electron chi connectivity index (χ3n) is 5.35. The molecule has 0 saturated carbocycles. The number of aromatic hydroxyl groups is 1. The number of rotatable bonds is 5. The minimum atomic E-state index is -0.740. The van der Waals surface area contributed by atoms with Gasteiger partial charge in [-0.2, -0.15) is 0 Å². The summed E-state index contributed by atoms with van der Waals surface area (Å²) in [5, 5.41) is 23.1. The third-order valence-corrected chi connectivity index (χ3v) is 6.48. The molecule has 1 fully saturated rings. The van der Waals surface area contributed by atoms with Crippen molar-refractivity contribution in [3.63, 3.8) is 0 Å². The quantitative estimate of drug-likeness (QED) is 0.477. The van der Waals surface area contributed by atoms with Gasteiger partial charge in [0.15, 0.2) is 10.9 Å². The van der Waals surface area contributed by atoms with Crippen LogP contribution in [0.4, 0.5) is 17.1 Å². The second-order valence-electron chi connectivity index (χ2n) is 7.75. The van der Waals surface area contributed by atoms with Gasteiger partial charge in [0, 0.05) is 17.7 Å². The van der Waals surface area contributed by atoms with Crippen LogP contribution in [0, 0.1) is 0 Å². The Morgan fingerprint density at radius 3 is 2.46 bits per heavy atom. The van der Waals surface area contributed by atoms with Gasteiger partial charge >= 0.3 is 0 Å². The van der Waals surface area contributed by atoms with Crippen LogP contribution >= 0.6 is 11.8 Å². The number of nitrogens with zero attached hydrogens (tertiary/aromatic N) is 3. The average molecular weight is 486 g/mol. The highest BCUT2D eigenvalue weighted by molar-refractivity contribution is 8.16. The number of benzene rings is 3. The molecule has 1 saturated heterocycles. The smallest absolute Gasteiger partial charge is 0.276 e. The average Bonchev–Trinajstić information content (AvgIpc) is 3.34. The molecule has 35 heavy (non-hydrogen) atoms. The lowest BCUT2D eigenvalue weighted by Gasteiger charge is -2.16. The van der Waals surface area contributed by atoms with E-state index in [1.165, 1.54) is 17.0 Å². The minimum absolute atomic E-state index is 0.0461. The van der Waals surface area contributed by atoms with E-state index in [1.54, 1.807) is 60.7 Å². The van der Waals surface area contributed by atoms with Crippen molar-refractivity contribution in [3.05, 3.63) is 84.4 Å². The summed E-state index contributed by atoms with van der Waals surface area (Å²) in [6.07, 6.45) is -0.0775. The molecule has 3 amide bonds. The molecule has 0 aromatic heterocycles. The van der Waals surface area contributed by atoms with E-state index in [9.17, 15) is 19.5 Å². The zero-order valence-corrected chi connectivity index (χ0v) is 19.0. The van der Waals surface area contributed by atoms with Crippen LogP contribution < -0.4 is 15.5 Å². The van der Waals surface area contributed by atoms with Crippen LogP contribution in [0.1, 0.15) is 12.0 Å². The Bertz CT molecular complexity index is 1370. The highest BCUT2D eigenvalue weighted by Gasteiger charge is 2.40. The fraction of sp³-hybridized carbons (Fsp3) is 0.0800. The topological polar surface area (TPSA) is 123 Å². The van der Waals surface area contributed by atoms with Gasteiger partial charge in [0.05, 0.1) is 11.4 Å². The van der Waals surface area contributed by atoms with Gasteiger partial charge in [0.25, 0.3) is 5.91 Å². The number of nitrogens with one attached hydrogen (secondary N) is 2. The van der Waals surface area contributed by atoms with Crippen molar-refractivity contribution in [2.24, 2.45) is 10.2 Å². The standard InChI is InChI=1S/C25H19N5O4S/c31-17-12-10-16(11-13-17)30-24(34)20(14-21(32)26-15-6-2-1-3-7-15)35-25(30)29-28-22-18-8-4-5-9-19(18)27-23(22)33/h1-13,20,31H,14H2,(H,26,32)(H,27,28,33)/b29-25+. The molecule has 3 aromatic carbocycles. The summed E-state index contributed by atoms with van der Waals surface area (Å²) in [5.41, 5.74) is 2.48. The number of hydrogen-bond acceptors (Lipinski definition) is 7. The predicted octanol–water partition coefficient (Wildman–Crippen LogP) is 3.58. The minimum Gasteiger partial charge on any atom is -0.508 e. The van der Waals surface area contributed by atoms with E-state index in [4.69, 9.17) is 0 Å². The number of para-hydroxylation sites is 2. The van der Waals surface area contributed by atoms with Crippen molar-refractivity contribution < 1.29 is 19.5 Å². The van der Waals surface area contributed by atoms with Crippen molar-refractivity contribution >= 4 is 57.4 Å². The molecule has 2 heterocycles. The van der Waals surface area contributed by atoms with Gasteiger partial charge in [-0.05, 0) is 42.5 Å². The fourth-order valence-corrected chi connectivity index (χ4v) is 4.79. The highest BCUT2D eigenvalue weighted by atomic mass is 32.2. The first kappa shape index (κ1) is 22.4. The van der Waals surface area contributed by atoms with Gasteiger partial charge in [-0.3, -0.25) is 19.3 Å². The monoisotopic (exact) mass is 485 g/mol. The van der Waals surface area contributed by atoms with Gasteiger partial charge in [-0.15, -0.1) is 10.2 Å². The van der Waals surface area contributed by atoms with Crippen LogP contribution in [0.15, 0.2) is 89.1 Å². The maximum absolute atomic E-state index is 13.3. The van der Waals surface area contributed by atoms with E-state index in [-0.39, 0.29) is 40.8 Å². The Balaban J connectivity index is 1.44. The number of carbonyl (C=O) groups is 3. The summed E-state index contributed by atoms with van der Waals surface area (Å²) >= 11 is 1.09. The molecular weight excluding hydrogens is 466 g/mol. The number of fused-ring (bicyclic) bond motifs is 1. The summed E-state index contributed by atoms with van der Waals surface area (Å²) in [7, 11) is 0. The molecule has 2 aliphatic heterocycles. The largest absolute Gasteiger partial charge is 0.508 e. The van der Waals surface area contributed by atoms with Crippen molar-refractivity contribution in [1.29, 1.82) is 0 Å². The number of phenols is 1. The second kappa shape index (κ2) is 9.43. The Morgan fingerprint density at radius 2 is 1.69 bits per heavy atom. The molecule has 3 N–H and O–H groups in total. The Morgan fingerprint density at radius 1 is 0.971 bits per heavy atom. The first-order valence-corrected chi connectivity index (χ1v) is 11.6. The number of phenolic OH excluding ortho intramolecular Hbond substituents is 1. The fourth-order valence-electron chi connectivity index (χ4n) is 3.70. The zero-order valence-electron chi connectivity index (χ0n) is 18.2. The van der Waals surface area contributed by atoms with Crippen molar-refractivity contribution in [3.8, 4) is 5.75 Å². The van der Waals surface area contributed by atoms with Crippen LogP contribution in [0.3, 0.4) is 0 Å². The van der Waals surface area contributed by atoms with Crippen molar-refractivity contribution in [2.75, 3.05) is 15.5 Å². The van der Waals surface area contributed by atoms with Gasteiger partial charge in [0.2, 0.25) is 11.8 Å². The molecule has 0 bridgehead atoms. The maximum atomic E-state index is 13.3. The number of amidine groups is 1. The molecule has 10 heteroatoms. The van der Waals surface area contributed by atoms with Crippen LogP contribution in [0.5, 0.6) is 5.75 Å². The summed E-state index contributed by atoms with van der Waals surface area (Å²) in [6.45, 7) is 0. The SMILES string of the molecule is O=C(CC1S/C(=N/N=C2\C(=O)Nc3ccccc32)N(c2ccc(O)cc2)C1=O)Nc1ccccc1. The molecular formula is C25H19N5O4S. The molecule has 0 spiro atoms. The molecule has 2 aliphatic rings. The first-order valence-electron chi connectivity index (χ1n) is 10.7. The highest BCUT2D eigenvalue weighted by Crippen LogP contribution is 2.35. The second-order valence-corrected chi connectivity index (χ2v) is 8.92. The van der Waals surface area contributed by atoms with Gasteiger partial charge in [-0.25, -0.2) is 0 Å². The van der Waals surface area contributed by atoms with E-state index in [0.717, 1.165) is 11.8 Å². The van der Waals surface area contributed by atoms with E-state index in [1.807, 2.05) is 6.07 Å². The zero-order chi connectivity index (χ0) is 24.4. The predicted molar refractivity (Wildman–Crippen MR) is 136 cm³/mol. The molecule has 1 unspecified atom stereocenters. The van der Waals surface area contributed by atoms with Crippen LogP contribution in [0.25, 0.3) is 0 Å². The molecule has 5 rings (SSSR count). The summed E-state index contributed by atoms with van der Waals surface area (Å²) in [4.78, 5) is 39.6. The Hall–Kier alpha value is -4.44. The van der Waals surface area contributed by atoms with E-state index in [2.05, 4.69) is 20.8 Å². The molecule has 0 radical (unpaired) electrons. The van der Waals surface area contributed by atoms with Gasteiger partial charge in [-0.1, -0.05) is 48.2 Å². The molecule has 0 aliphatic carbocycles. The number of anilines is 3. The first-order chi connectivity index (χ1) is 17.0. The molecule has 1 atom stereocenters. The molecule has 174 valence electrons. The van der Waals surface area contributed by atoms with Crippen molar-refractivity contribution in [2.45, 2.75) is 11.7 Å². The van der Waals surface area contributed by atoms with Crippen LogP contribution in [-0.2, 0) is 14.4 Å². The van der Waals surface area contributed by atoms with Crippen molar-refractivity contribution in [1.82, 2.24) is 0 Å². The molecule has 9 nitrogen and oxygen atoms in total. The van der Waals surface area contributed by atoms with E-state index in [0.29, 0.717) is 22.6 Å². The van der Waals surface area contributed by atoms with Crippen LogP contribution in [0.2, 0.25) is 0 Å². The summed E-state index contributed by atoms with van der Waals surface area (Å²) in [6, 6.07) is 22.1. The maximum Gasteiger partial charge on any atom is 0.276 e. The van der Waals surface area contributed by atoms with Crippen LogP contribution in [-0.4, -0.2) is 39.0 Å². The van der Waals surface area contributed by atoms with E-state index >= 15 is 0 Å². The third kappa shape index (κ3) is 4.64. The number of amides is 3. The number of hydrogen-bond donors (Lipinski definition) is 3. The van der Waals surface area contributed by atoms with E-state index < -0.39 is 5.25 Å². The number of thioether (sulfide) groups is 1. The Kier molecular flexibility index (Phi) is 6.02. The molecule has 3 aromatic rings. The lowest BCUT2D eigenvalue weighted by molar-refractivity contribution is -0.121. The van der Waals surface area contributed by atoms with Gasteiger partial charge in [0.1, 0.15) is 11.0 Å². The summed E-state index contributed by atoms with van der Waals surface area (Å²) in [5.74, 6) is -1.01. The Labute approximate surface area is 204 Å². The lowest BCUT2D eigenvalue weighted by Crippen LogP contribution is -2.33. The normalized spacial score (nSPS) is 19.2.